The van der Waals surface area contributed by atoms with Gasteiger partial charge in [-0.05, 0) is 37.5 Å². The molecule has 0 aliphatic heterocycles. The van der Waals surface area contributed by atoms with Crippen LogP contribution < -0.4 is 0 Å². The van der Waals surface area contributed by atoms with Gasteiger partial charge in [0.05, 0.1) is 0 Å². The average Bonchev–Trinajstić information content (AvgIpc) is 2.79. The molecule has 1 fully saturated rings. The molecule has 0 atom stereocenters. The third-order valence-corrected chi connectivity index (χ3v) is 6.69. The summed E-state index contributed by atoms with van der Waals surface area (Å²) in [5.74, 6) is -1.18. The molecule has 0 unspecified atom stereocenters. The number of carboxylic acid groups (broad SMARTS) is 1. The number of carboxylic acids is 1. The van der Waals surface area contributed by atoms with Gasteiger partial charge in [0.1, 0.15) is 10.7 Å². The maximum Gasteiger partial charge on any atom is 0.347 e. The standard InChI is InChI=1S/C16H17FO2S2/c1-9-7-11-13(8-12(9)17)21-15(16(18)19)14(11)20-10-5-3-2-4-6-10/h7-8,10H,2-6H2,1H3,(H,18,19). The number of fused-ring (bicyclic) bond motifs is 1. The summed E-state index contributed by atoms with van der Waals surface area (Å²) in [6, 6.07) is 3.26. The maximum absolute atomic E-state index is 13.7. The van der Waals surface area contributed by atoms with Crippen molar-refractivity contribution in [1.82, 2.24) is 0 Å². The quantitative estimate of drug-likeness (QED) is 0.813. The lowest BCUT2D eigenvalue weighted by Gasteiger charge is -2.21. The van der Waals surface area contributed by atoms with E-state index < -0.39 is 5.97 Å². The Morgan fingerprint density at radius 1 is 1.33 bits per heavy atom. The number of hydrogen-bond donors (Lipinski definition) is 1. The van der Waals surface area contributed by atoms with Crippen LogP contribution in [0.2, 0.25) is 0 Å². The van der Waals surface area contributed by atoms with Crippen molar-refractivity contribution in [2.45, 2.75) is 49.2 Å². The van der Waals surface area contributed by atoms with Gasteiger partial charge < -0.3 is 5.11 Å². The van der Waals surface area contributed by atoms with E-state index >= 15 is 0 Å². The molecular weight excluding hydrogens is 307 g/mol. The molecule has 0 radical (unpaired) electrons. The molecule has 1 aliphatic carbocycles. The molecule has 0 amide bonds. The zero-order valence-electron chi connectivity index (χ0n) is 11.8. The Morgan fingerprint density at radius 2 is 2.05 bits per heavy atom. The Labute approximate surface area is 131 Å². The molecule has 21 heavy (non-hydrogen) atoms. The Balaban J connectivity index is 2.06. The highest BCUT2D eigenvalue weighted by Crippen LogP contribution is 2.43. The molecule has 0 spiro atoms. The first-order valence-corrected chi connectivity index (χ1v) is 8.88. The highest BCUT2D eigenvalue weighted by Gasteiger charge is 2.23. The predicted molar refractivity (Wildman–Crippen MR) is 86.2 cm³/mol. The number of thioether (sulfide) groups is 1. The van der Waals surface area contributed by atoms with E-state index in [1.807, 2.05) is 0 Å². The van der Waals surface area contributed by atoms with Crippen molar-refractivity contribution in [2.75, 3.05) is 0 Å². The summed E-state index contributed by atoms with van der Waals surface area (Å²) in [6.07, 6.45) is 5.99. The minimum absolute atomic E-state index is 0.269. The first-order valence-electron chi connectivity index (χ1n) is 7.19. The van der Waals surface area contributed by atoms with E-state index in [2.05, 4.69) is 0 Å². The summed E-state index contributed by atoms with van der Waals surface area (Å²) in [5.41, 5.74) is 0.572. The van der Waals surface area contributed by atoms with E-state index in [1.54, 1.807) is 24.8 Å². The maximum atomic E-state index is 13.7. The second-order valence-corrected chi connectivity index (χ2v) is 7.90. The van der Waals surface area contributed by atoms with Gasteiger partial charge in [0.25, 0.3) is 0 Å². The van der Waals surface area contributed by atoms with Gasteiger partial charge in [-0.25, -0.2) is 9.18 Å². The molecule has 2 nitrogen and oxygen atoms in total. The van der Waals surface area contributed by atoms with Crippen LogP contribution in [0.25, 0.3) is 10.1 Å². The van der Waals surface area contributed by atoms with Crippen LogP contribution in [-0.2, 0) is 0 Å². The Kier molecular flexibility index (Phi) is 4.22. The molecule has 1 N–H and O–H groups in total. The van der Waals surface area contributed by atoms with Crippen LogP contribution in [0.5, 0.6) is 0 Å². The van der Waals surface area contributed by atoms with Gasteiger partial charge in [0.15, 0.2) is 0 Å². The Morgan fingerprint density at radius 3 is 2.71 bits per heavy atom. The summed E-state index contributed by atoms with van der Waals surface area (Å²) in [5, 5.41) is 10.8. The van der Waals surface area contributed by atoms with Crippen LogP contribution in [0, 0.1) is 12.7 Å². The van der Waals surface area contributed by atoms with Gasteiger partial charge >= 0.3 is 5.97 Å². The van der Waals surface area contributed by atoms with Crippen molar-refractivity contribution in [2.24, 2.45) is 0 Å². The summed E-state index contributed by atoms with van der Waals surface area (Å²) >= 11 is 2.86. The summed E-state index contributed by atoms with van der Waals surface area (Å²) in [7, 11) is 0. The smallest absolute Gasteiger partial charge is 0.347 e. The molecule has 1 heterocycles. The number of thiophene rings is 1. The number of hydrogen-bond acceptors (Lipinski definition) is 3. The lowest BCUT2D eigenvalue weighted by atomic mass is 10.0. The third-order valence-electron chi connectivity index (χ3n) is 3.95. The van der Waals surface area contributed by atoms with Gasteiger partial charge in [-0.15, -0.1) is 23.1 Å². The van der Waals surface area contributed by atoms with Crippen molar-refractivity contribution >= 4 is 39.2 Å². The van der Waals surface area contributed by atoms with E-state index in [-0.39, 0.29) is 5.82 Å². The minimum Gasteiger partial charge on any atom is -0.477 e. The highest BCUT2D eigenvalue weighted by atomic mass is 32.2. The van der Waals surface area contributed by atoms with Crippen LogP contribution in [0.1, 0.15) is 47.3 Å². The molecule has 1 aromatic carbocycles. The molecule has 3 rings (SSSR count). The number of aromatic carboxylic acids is 1. The van der Waals surface area contributed by atoms with Crippen LogP contribution in [0.4, 0.5) is 4.39 Å². The third kappa shape index (κ3) is 2.94. The number of rotatable bonds is 3. The summed E-state index contributed by atoms with van der Waals surface area (Å²) in [6.45, 7) is 1.72. The van der Waals surface area contributed by atoms with E-state index in [1.165, 1.54) is 36.7 Å². The number of carbonyl (C=O) groups is 1. The first-order chi connectivity index (χ1) is 10.1. The molecule has 1 aromatic heterocycles. The Bertz CT molecular complexity index is 687. The van der Waals surface area contributed by atoms with Crippen molar-refractivity contribution in [1.29, 1.82) is 0 Å². The second-order valence-electron chi connectivity index (χ2n) is 5.54. The van der Waals surface area contributed by atoms with E-state index in [0.717, 1.165) is 27.8 Å². The summed E-state index contributed by atoms with van der Waals surface area (Å²) < 4.78 is 14.4. The molecule has 0 saturated heterocycles. The zero-order chi connectivity index (χ0) is 15.0. The fourth-order valence-electron chi connectivity index (χ4n) is 2.81. The van der Waals surface area contributed by atoms with Gasteiger partial charge in [0, 0.05) is 20.2 Å². The lowest BCUT2D eigenvalue weighted by molar-refractivity contribution is 0.0699. The Hall–Kier alpha value is -1.07. The fraction of sp³-hybridized carbons (Fsp3) is 0.438. The van der Waals surface area contributed by atoms with Crippen LogP contribution in [0.3, 0.4) is 0 Å². The van der Waals surface area contributed by atoms with Crippen molar-refractivity contribution in [3.8, 4) is 0 Å². The van der Waals surface area contributed by atoms with Crippen molar-refractivity contribution < 1.29 is 14.3 Å². The van der Waals surface area contributed by atoms with E-state index in [0.29, 0.717) is 15.7 Å². The number of aryl methyl sites for hydroxylation is 1. The zero-order valence-corrected chi connectivity index (χ0v) is 13.5. The van der Waals surface area contributed by atoms with Gasteiger partial charge in [-0.1, -0.05) is 19.3 Å². The van der Waals surface area contributed by atoms with Crippen LogP contribution in [0.15, 0.2) is 17.0 Å². The normalized spacial score (nSPS) is 16.5. The molecule has 2 aromatic rings. The van der Waals surface area contributed by atoms with Gasteiger partial charge in [0.2, 0.25) is 0 Å². The fourth-order valence-corrected chi connectivity index (χ4v) is 5.48. The monoisotopic (exact) mass is 324 g/mol. The molecule has 112 valence electrons. The van der Waals surface area contributed by atoms with Gasteiger partial charge in [-0.3, -0.25) is 0 Å². The summed E-state index contributed by atoms with van der Waals surface area (Å²) in [4.78, 5) is 12.7. The largest absolute Gasteiger partial charge is 0.477 e. The predicted octanol–water partition coefficient (Wildman–Crippen LogP) is 5.47. The van der Waals surface area contributed by atoms with E-state index in [9.17, 15) is 14.3 Å². The first kappa shape index (κ1) is 14.9. The van der Waals surface area contributed by atoms with Crippen molar-refractivity contribution in [3.05, 3.63) is 28.4 Å². The average molecular weight is 324 g/mol. The SMILES string of the molecule is Cc1cc2c(SC3CCCCC3)c(C(=O)O)sc2cc1F. The molecule has 5 heteroatoms. The van der Waals surface area contributed by atoms with Gasteiger partial charge in [-0.2, -0.15) is 0 Å². The molecule has 0 bridgehead atoms. The van der Waals surface area contributed by atoms with Crippen LogP contribution in [-0.4, -0.2) is 16.3 Å². The van der Waals surface area contributed by atoms with Crippen molar-refractivity contribution in [3.63, 3.8) is 0 Å². The molecule has 1 saturated carbocycles. The lowest BCUT2D eigenvalue weighted by Crippen LogP contribution is -2.08. The number of benzene rings is 1. The minimum atomic E-state index is -0.910. The molecule has 1 aliphatic rings. The van der Waals surface area contributed by atoms with E-state index in [4.69, 9.17) is 0 Å². The van der Waals surface area contributed by atoms with Crippen LogP contribution >= 0.6 is 23.1 Å². The topological polar surface area (TPSA) is 37.3 Å². The highest BCUT2D eigenvalue weighted by molar-refractivity contribution is 8.00. The molecular formula is C16H17FO2S2. The number of halogens is 1. The second kappa shape index (κ2) is 5.97.